The van der Waals surface area contributed by atoms with E-state index in [2.05, 4.69) is 0 Å². The zero-order valence-corrected chi connectivity index (χ0v) is 13.4. The Morgan fingerprint density at radius 1 is 1.24 bits per heavy atom. The summed E-state index contributed by atoms with van der Waals surface area (Å²) in [5.41, 5.74) is 6.54. The summed E-state index contributed by atoms with van der Waals surface area (Å²) in [5, 5.41) is 0. The van der Waals surface area contributed by atoms with Crippen molar-refractivity contribution in [3.8, 4) is 0 Å². The summed E-state index contributed by atoms with van der Waals surface area (Å²) >= 11 is 0. The van der Waals surface area contributed by atoms with Crippen LogP contribution in [-0.2, 0) is 16.8 Å². The first-order chi connectivity index (χ1) is 10.0. The van der Waals surface area contributed by atoms with Gasteiger partial charge in [-0.25, -0.2) is 0 Å². The fraction of sp³-hybridized carbons (Fsp3) is 0.600. The number of rotatable bonds is 9. The van der Waals surface area contributed by atoms with Crippen molar-refractivity contribution in [2.45, 2.75) is 25.8 Å². The van der Waals surface area contributed by atoms with Crippen molar-refractivity contribution < 1.29 is 8.42 Å². The molecular formula is C15H25N3O2S. The van der Waals surface area contributed by atoms with Gasteiger partial charge in [-0.15, -0.1) is 0 Å². The molecule has 1 saturated carbocycles. The monoisotopic (exact) mass is 311 g/mol. The normalized spacial score (nSPS) is 15.8. The van der Waals surface area contributed by atoms with E-state index >= 15 is 0 Å². The van der Waals surface area contributed by atoms with E-state index in [1.807, 2.05) is 30.3 Å². The van der Waals surface area contributed by atoms with Crippen LogP contribution in [0.2, 0.25) is 0 Å². The third-order valence-corrected chi connectivity index (χ3v) is 5.65. The summed E-state index contributed by atoms with van der Waals surface area (Å²) in [6.45, 7) is 1.98. The molecule has 0 aromatic heterocycles. The lowest BCUT2D eigenvalue weighted by Gasteiger charge is -2.27. The molecule has 21 heavy (non-hydrogen) atoms. The van der Waals surface area contributed by atoms with Gasteiger partial charge in [0.2, 0.25) is 0 Å². The van der Waals surface area contributed by atoms with Crippen LogP contribution in [0.25, 0.3) is 0 Å². The van der Waals surface area contributed by atoms with Gasteiger partial charge in [-0.05, 0) is 37.3 Å². The van der Waals surface area contributed by atoms with E-state index in [9.17, 15) is 8.42 Å². The Bertz CT molecular complexity index is 529. The largest absolute Gasteiger partial charge is 0.330 e. The molecule has 0 saturated heterocycles. The summed E-state index contributed by atoms with van der Waals surface area (Å²) in [4.78, 5) is 0. The Balaban J connectivity index is 2.09. The second-order valence-corrected chi connectivity index (χ2v) is 7.73. The molecule has 0 spiro atoms. The number of nitrogens with two attached hydrogens (primary N) is 1. The summed E-state index contributed by atoms with van der Waals surface area (Å²) in [6.07, 6.45) is 2.95. The Morgan fingerprint density at radius 3 is 2.48 bits per heavy atom. The molecule has 1 aliphatic carbocycles. The van der Waals surface area contributed by atoms with Crippen molar-refractivity contribution in [3.63, 3.8) is 0 Å². The van der Waals surface area contributed by atoms with Gasteiger partial charge in [0.05, 0.1) is 0 Å². The lowest BCUT2D eigenvalue weighted by Crippen LogP contribution is -2.43. The van der Waals surface area contributed by atoms with Crippen LogP contribution >= 0.6 is 0 Å². The average Bonchev–Trinajstić information content (AvgIpc) is 3.28. The molecule has 0 aliphatic heterocycles. The maximum atomic E-state index is 12.7. The van der Waals surface area contributed by atoms with Crippen LogP contribution in [0.3, 0.4) is 0 Å². The molecule has 118 valence electrons. The standard InChI is InChI=1S/C15H25N3O2S/c1-17(12-15-8-9-15)21(19,20)18(11-5-10-16)13-14-6-3-2-4-7-14/h2-4,6-7,15H,5,8-13,16H2,1H3. The third-order valence-electron chi connectivity index (χ3n) is 3.75. The van der Waals surface area contributed by atoms with Crippen molar-refractivity contribution in [2.24, 2.45) is 11.7 Å². The number of hydrogen-bond acceptors (Lipinski definition) is 3. The molecule has 0 atom stereocenters. The molecule has 0 amide bonds. The van der Waals surface area contributed by atoms with Gasteiger partial charge in [-0.2, -0.15) is 17.0 Å². The highest BCUT2D eigenvalue weighted by Crippen LogP contribution is 2.30. The van der Waals surface area contributed by atoms with Crippen molar-refractivity contribution >= 4 is 10.2 Å². The van der Waals surface area contributed by atoms with Crippen LogP contribution in [0.4, 0.5) is 0 Å². The van der Waals surface area contributed by atoms with Crippen LogP contribution in [0.5, 0.6) is 0 Å². The van der Waals surface area contributed by atoms with Crippen LogP contribution in [0.15, 0.2) is 30.3 Å². The van der Waals surface area contributed by atoms with Gasteiger partial charge in [0.25, 0.3) is 10.2 Å². The smallest absolute Gasteiger partial charge is 0.282 e. The van der Waals surface area contributed by atoms with E-state index in [1.54, 1.807) is 7.05 Å². The number of nitrogens with zero attached hydrogens (tertiary/aromatic N) is 2. The van der Waals surface area contributed by atoms with Crippen molar-refractivity contribution in [3.05, 3.63) is 35.9 Å². The van der Waals surface area contributed by atoms with Crippen LogP contribution in [0.1, 0.15) is 24.8 Å². The van der Waals surface area contributed by atoms with E-state index in [1.165, 1.54) is 8.61 Å². The first kappa shape index (κ1) is 16.4. The quantitative estimate of drug-likeness (QED) is 0.750. The molecular weight excluding hydrogens is 286 g/mol. The third kappa shape index (κ3) is 4.78. The van der Waals surface area contributed by atoms with Gasteiger partial charge in [-0.1, -0.05) is 30.3 Å². The highest BCUT2D eigenvalue weighted by molar-refractivity contribution is 7.86. The minimum atomic E-state index is -3.42. The van der Waals surface area contributed by atoms with E-state index in [0.29, 0.717) is 38.5 Å². The molecule has 1 fully saturated rings. The van der Waals surface area contributed by atoms with Gasteiger partial charge >= 0.3 is 0 Å². The Labute approximate surface area is 127 Å². The molecule has 2 N–H and O–H groups in total. The average molecular weight is 311 g/mol. The topological polar surface area (TPSA) is 66.6 Å². The van der Waals surface area contributed by atoms with Gasteiger partial charge in [0.15, 0.2) is 0 Å². The minimum Gasteiger partial charge on any atom is -0.330 e. The highest BCUT2D eigenvalue weighted by Gasteiger charge is 2.31. The van der Waals surface area contributed by atoms with Crippen LogP contribution in [-0.4, -0.2) is 43.7 Å². The second-order valence-electron chi connectivity index (χ2n) is 5.69. The van der Waals surface area contributed by atoms with Crippen LogP contribution < -0.4 is 5.73 Å². The molecule has 1 aromatic carbocycles. The Hall–Kier alpha value is -0.950. The first-order valence-electron chi connectivity index (χ1n) is 7.49. The first-order valence-corrected chi connectivity index (χ1v) is 8.89. The maximum absolute atomic E-state index is 12.7. The van der Waals surface area contributed by atoms with Gasteiger partial charge in [0.1, 0.15) is 0 Å². The van der Waals surface area contributed by atoms with Crippen molar-refractivity contribution in [1.29, 1.82) is 0 Å². The lowest BCUT2D eigenvalue weighted by molar-refractivity contribution is 0.346. The van der Waals surface area contributed by atoms with Crippen molar-refractivity contribution in [1.82, 2.24) is 8.61 Å². The molecule has 0 bridgehead atoms. The predicted octanol–water partition coefficient (Wildman–Crippen LogP) is 1.42. The number of benzene rings is 1. The predicted molar refractivity (Wildman–Crippen MR) is 84.8 cm³/mol. The van der Waals surface area contributed by atoms with Crippen molar-refractivity contribution in [2.75, 3.05) is 26.7 Å². The molecule has 0 radical (unpaired) electrons. The fourth-order valence-electron chi connectivity index (χ4n) is 2.29. The van der Waals surface area contributed by atoms with E-state index in [4.69, 9.17) is 5.73 Å². The minimum absolute atomic E-state index is 0.401. The number of hydrogen-bond donors (Lipinski definition) is 1. The summed E-state index contributed by atoms with van der Waals surface area (Å²) < 4.78 is 28.5. The Kier molecular flexibility index (Phi) is 5.75. The van der Waals surface area contributed by atoms with E-state index in [0.717, 1.165) is 18.4 Å². The van der Waals surface area contributed by atoms with Gasteiger partial charge in [0, 0.05) is 26.7 Å². The molecule has 1 aromatic rings. The molecule has 0 heterocycles. The lowest BCUT2D eigenvalue weighted by atomic mass is 10.2. The fourth-order valence-corrected chi connectivity index (χ4v) is 3.75. The van der Waals surface area contributed by atoms with Gasteiger partial charge < -0.3 is 5.73 Å². The Morgan fingerprint density at radius 2 is 1.90 bits per heavy atom. The maximum Gasteiger partial charge on any atom is 0.282 e. The summed E-state index contributed by atoms with van der Waals surface area (Å²) in [7, 11) is -1.74. The molecule has 5 nitrogen and oxygen atoms in total. The molecule has 6 heteroatoms. The van der Waals surface area contributed by atoms with E-state index in [-0.39, 0.29) is 0 Å². The highest BCUT2D eigenvalue weighted by atomic mass is 32.2. The summed E-state index contributed by atoms with van der Waals surface area (Å²) in [5.74, 6) is 0.540. The molecule has 2 rings (SSSR count). The van der Waals surface area contributed by atoms with Gasteiger partial charge in [-0.3, -0.25) is 0 Å². The summed E-state index contributed by atoms with van der Waals surface area (Å²) in [6, 6.07) is 9.69. The zero-order valence-electron chi connectivity index (χ0n) is 12.6. The van der Waals surface area contributed by atoms with E-state index < -0.39 is 10.2 Å². The molecule has 0 unspecified atom stereocenters. The zero-order chi connectivity index (χ0) is 15.3. The van der Waals surface area contributed by atoms with Crippen LogP contribution in [0, 0.1) is 5.92 Å². The second kappa shape index (κ2) is 7.35. The SMILES string of the molecule is CN(CC1CC1)S(=O)(=O)N(CCCN)Cc1ccccc1. The molecule has 1 aliphatic rings.